The fraction of sp³-hybridized carbons (Fsp3) is 0.467. The Labute approximate surface area is 139 Å². The van der Waals surface area contributed by atoms with Crippen molar-refractivity contribution in [2.75, 3.05) is 25.0 Å². The quantitative estimate of drug-likeness (QED) is 0.848. The van der Waals surface area contributed by atoms with Gasteiger partial charge in [-0.05, 0) is 38.0 Å². The molecule has 0 bridgehead atoms. The number of anilines is 1. The molecule has 2 amide bonds. The van der Waals surface area contributed by atoms with Crippen LogP contribution in [0.5, 0.6) is 0 Å². The van der Waals surface area contributed by atoms with Crippen molar-refractivity contribution in [1.82, 2.24) is 4.90 Å². The van der Waals surface area contributed by atoms with Crippen LogP contribution in [0.1, 0.15) is 19.8 Å². The second kappa shape index (κ2) is 7.70. The van der Waals surface area contributed by atoms with E-state index in [0.29, 0.717) is 35.4 Å². The minimum Gasteiger partial charge on any atom is -0.466 e. The van der Waals surface area contributed by atoms with E-state index in [1.165, 1.54) is 0 Å². The van der Waals surface area contributed by atoms with Gasteiger partial charge in [0.05, 0.1) is 22.6 Å². The van der Waals surface area contributed by atoms with Gasteiger partial charge in [0.2, 0.25) is 0 Å². The lowest BCUT2D eigenvalue weighted by atomic mass is 9.98. The summed E-state index contributed by atoms with van der Waals surface area (Å²) in [4.78, 5) is 25.7. The van der Waals surface area contributed by atoms with Gasteiger partial charge in [-0.1, -0.05) is 23.2 Å². The minimum absolute atomic E-state index is 0.241. The van der Waals surface area contributed by atoms with Crippen LogP contribution in [-0.2, 0) is 9.53 Å². The highest BCUT2D eigenvalue weighted by Crippen LogP contribution is 2.25. The second-order valence-electron chi connectivity index (χ2n) is 5.10. The maximum absolute atomic E-state index is 12.3. The van der Waals surface area contributed by atoms with Crippen molar-refractivity contribution in [2.45, 2.75) is 19.8 Å². The predicted molar refractivity (Wildman–Crippen MR) is 86.4 cm³/mol. The number of benzene rings is 1. The van der Waals surface area contributed by atoms with Crippen molar-refractivity contribution in [3.8, 4) is 0 Å². The Morgan fingerprint density at radius 2 is 2.14 bits per heavy atom. The fourth-order valence-corrected chi connectivity index (χ4v) is 2.69. The molecule has 120 valence electrons. The molecule has 1 heterocycles. The third-order valence-electron chi connectivity index (χ3n) is 3.50. The van der Waals surface area contributed by atoms with Crippen LogP contribution >= 0.6 is 23.2 Å². The Morgan fingerprint density at radius 3 is 2.82 bits per heavy atom. The molecule has 2 rings (SSSR count). The first-order chi connectivity index (χ1) is 10.5. The van der Waals surface area contributed by atoms with Crippen LogP contribution in [0.15, 0.2) is 18.2 Å². The van der Waals surface area contributed by atoms with Gasteiger partial charge in [-0.25, -0.2) is 4.79 Å². The summed E-state index contributed by atoms with van der Waals surface area (Å²) < 4.78 is 5.03. The number of rotatable bonds is 3. The number of urea groups is 1. The van der Waals surface area contributed by atoms with Crippen LogP contribution in [0.25, 0.3) is 0 Å². The summed E-state index contributed by atoms with van der Waals surface area (Å²) in [5.41, 5.74) is 0.567. The first-order valence-corrected chi connectivity index (χ1v) is 7.94. The van der Waals surface area contributed by atoms with Crippen molar-refractivity contribution >= 4 is 40.9 Å². The topological polar surface area (TPSA) is 58.6 Å². The zero-order valence-corrected chi connectivity index (χ0v) is 13.8. The van der Waals surface area contributed by atoms with Crippen molar-refractivity contribution in [1.29, 1.82) is 0 Å². The Kier molecular flexibility index (Phi) is 5.91. The van der Waals surface area contributed by atoms with Crippen LogP contribution in [0, 0.1) is 5.92 Å². The lowest BCUT2D eigenvalue weighted by Crippen LogP contribution is -2.44. The zero-order valence-electron chi connectivity index (χ0n) is 12.3. The Morgan fingerprint density at radius 1 is 1.36 bits per heavy atom. The summed E-state index contributed by atoms with van der Waals surface area (Å²) in [5.74, 6) is -0.497. The van der Waals surface area contributed by atoms with Crippen LogP contribution in [-0.4, -0.2) is 36.6 Å². The smallest absolute Gasteiger partial charge is 0.321 e. The molecule has 1 N–H and O–H groups in total. The first kappa shape index (κ1) is 16.9. The Balaban J connectivity index is 1.96. The first-order valence-electron chi connectivity index (χ1n) is 7.19. The summed E-state index contributed by atoms with van der Waals surface area (Å²) in [7, 11) is 0. The van der Waals surface area contributed by atoms with Crippen molar-refractivity contribution in [3.05, 3.63) is 28.2 Å². The molecule has 22 heavy (non-hydrogen) atoms. The summed E-state index contributed by atoms with van der Waals surface area (Å²) in [5, 5.41) is 3.57. The fourth-order valence-electron chi connectivity index (χ4n) is 2.39. The average molecular weight is 345 g/mol. The molecular formula is C15H18Cl2N2O3. The molecule has 1 fully saturated rings. The van der Waals surface area contributed by atoms with Gasteiger partial charge in [0.25, 0.3) is 0 Å². The molecule has 1 atom stereocenters. The number of hydrogen-bond acceptors (Lipinski definition) is 3. The van der Waals surface area contributed by atoms with Gasteiger partial charge >= 0.3 is 12.0 Å². The van der Waals surface area contributed by atoms with E-state index in [2.05, 4.69) is 5.32 Å². The Bertz CT molecular complexity index is 566. The molecule has 1 aromatic rings. The molecule has 1 saturated heterocycles. The molecule has 0 unspecified atom stereocenters. The summed E-state index contributed by atoms with van der Waals surface area (Å²) in [6, 6.07) is 4.64. The molecule has 0 radical (unpaired) electrons. The molecule has 7 heteroatoms. The van der Waals surface area contributed by atoms with E-state index in [1.54, 1.807) is 30.0 Å². The standard InChI is InChI=1S/C15H18Cl2N2O3/c1-2-22-14(20)10-4-3-7-19(9-10)15(21)18-11-5-6-12(16)13(17)8-11/h5-6,8,10H,2-4,7,9H2,1H3,(H,18,21)/t10-/m1/s1. The van der Waals surface area contributed by atoms with Crippen molar-refractivity contribution in [3.63, 3.8) is 0 Å². The van der Waals surface area contributed by atoms with E-state index in [9.17, 15) is 9.59 Å². The number of amides is 2. The Hall–Kier alpha value is -1.46. The zero-order chi connectivity index (χ0) is 16.1. The molecule has 1 aliphatic rings. The molecule has 0 spiro atoms. The van der Waals surface area contributed by atoms with E-state index in [4.69, 9.17) is 27.9 Å². The molecule has 0 saturated carbocycles. The molecule has 1 aliphatic heterocycles. The average Bonchev–Trinajstić information content (AvgIpc) is 2.51. The van der Waals surface area contributed by atoms with E-state index in [0.717, 1.165) is 12.8 Å². The highest BCUT2D eigenvalue weighted by Gasteiger charge is 2.29. The van der Waals surface area contributed by atoms with Gasteiger partial charge in [0.15, 0.2) is 0 Å². The number of nitrogens with one attached hydrogen (secondary N) is 1. The SMILES string of the molecule is CCOC(=O)[C@@H]1CCCN(C(=O)Nc2ccc(Cl)c(Cl)c2)C1. The number of likely N-dealkylation sites (tertiary alicyclic amines) is 1. The number of piperidine rings is 1. The largest absolute Gasteiger partial charge is 0.466 e. The molecule has 5 nitrogen and oxygen atoms in total. The highest BCUT2D eigenvalue weighted by molar-refractivity contribution is 6.42. The van der Waals surface area contributed by atoms with E-state index in [-0.39, 0.29) is 17.9 Å². The van der Waals surface area contributed by atoms with Crippen molar-refractivity contribution in [2.24, 2.45) is 5.92 Å². The van der Waals surface area contributed by atoms with Crippen LogP contribution < -0.4 is 5.32 Å². The lowest BCUT2D eigenvalue weighted by Gasteiger charge is -2.31. The maximum atomic E-state index is 12.3. The van der Waals surface area contributed by atoms with Gasteiger partial charge in [0.1, 0.15) is 0 Å². The van der Waals surface area contributed by atoms with E-state index < -0.39 is 0 Å². The molecule has 1 aromatic carbocycles. The number of halogens is 2. The van der Waals surface area contributed by atoms with Crippen LogP contribution in [0.2, 0.25) is 10.0 Å². The third kappa shape index (κ3) is 4.27. The number of hydrogen-bond donors (Lipinski definition) is 1. The lowest BCUT2D eigenvalue weighted by molar-refractivity contribution is -0.149. The van der Waals surface area contributed by atoms with Crippen LogP contribution in [0.4, 0.5) is 10.5 Å². The van der Waals surface area contributed by atoms with E-state index in [1.807, 2.05) is 0 Å². The van der Waals surface area contributed by atoms with Gasteiger partial charge in [0, 0.05) is 18.8 Å². The maximum Gasteiger partial charge on any atom is 0.321 e. The third-order valence-corrected chi connectivity index (χ3v) is 4.24. The summed E-state index contributed by atoms with van der Waals surface area (Å²) >= 11 is 11.8. The minimum atomic E-state index is -0.257. The van der Waals surface area contributed by atoms with Gasteiger partial charge < -0.3 is 15.0 Å². The normalized spacial score (nSPS) is 18.0. The number of carbonyl (C=O) groups is 2. The number of ether oxygens (including phenoxy) is 1. The molecule has 0 aliphatic carbocycles. The van der Waals surface area contributed by atoms with E-state index >= 15 is 0 Å². The predicted octanol–water partition coefficient (Wildman–Crippen LogP) is 3.80. The van der Waals surface area contributed by atoms with Crippen LogP contribution in [0.3, 0.4) is 0 Å². The summed E-state index contributed by atoms with van der Waals surface area (Å²) in [6.07, 6.45) is 1.52. The number of nitrogens with zero attached hydrogens (tertiary/aromatic N) is 1. The van der Waals surface area contributed by atoms with Gasteiger partial charge in [-0.15, -0.1) is 0 Å². The number of esters is 1. The van der Waals surface area contributed by atoms with Gasteiger partial charge in [-0.3, -0.25) is 4.79 Å². The molecule has 0 aromatic heterocycles. The summed E-state index contributed by atoms with van der Waals surface area (Å²) in [6.45, 7) is 3.11. The highest BCUT2D eigenvalue weighted by atomic mass is 35.5. The molecular weight excluding hydrogens is 327 g/mol. The van der Waals surface area contributed by atoms with Gasteiger partial charge in [-0.2, -0.15) is 0 Å². The number of carbonyl (C=O) groups excluding carboxylic acids is 2. The van der Waals surface area contributed by atoms with Crippen molar-refractivity contribution < 1.29 is 14.3 Å². The second-order valence-corrected chi connectivity index (χ2v) is 5.91. The monoisotopic (exact) mass is 344 g/mol.